The summed E-state index contributed by atoms with van der Waals surface area (Å²) in [6.45, 7) is 0.138. The maximum absolute atomic E-state index is 14.9. The van der Waals surface area contributed by atoms with E-state index in [9.17, 15) is 14.0 Å². The molecule has 1 aromatic carbocycles. The lowest BCUT2D eigenvalue weighted by atomic mass is 9.89. The lowest BCUT2D eigenvalue weighted by Crippen LogP contribution is -2.44. The molecule has 4 heterocycles. The Morgan fingerprint density at radius 1 is 1.39 bits per heavy atom. The highest BCUT2D eigenvalue weighted by molar-refractivity contribution is 6.31. The van der Waals surface area contributed by atoms with Crippen molar-refractivity contribution in [3.63, 3.8) is 0 Å². The Labute approximate surface area is 180 Å². The number of carbonyl (C=O) groups excluding carboxylic acids is 2. The number of ether oxygens (including phenoxy) is 1. The van der Waals surface area contributed by atoms with Crippen molar-refractivity contribution in [3.8, 4) is 11.5 Å². The SMILES string of the molecule is Nc1cc(-c2ccco2)nn1CC(=O)N1CC[C@@]2(C1)OC(=O)Nc1ccc(Cl)c(F)c12. The van der Waals surface area contributed by atoms with Gasteiger partial charge >= 0.3 is 6.09 Å². The Balaban J connectivity index is 1.39. The van der Waals surface area contributed by atoms with Gasteiger partial charge in [-0.25, -0.2) is 13.9 Å². The van der Waals surface area contributed by atoms with Gasteiger partial charge in [0.05, 0.1) is 29.1 Å². The van der Waals surface area contributed by atoms with Gasteiger partial charge < -0.3 is 19.8 Å². The summed E-state index contributed by atoms with van der Waals surface area (Å²) in [7, 11) is 0. The van der Waals surface area contributed by atoms with Gasteiger partial charge in [0, 0.05) is 19.0 Å². The molecule has 31 heavy (non-hydrogen) atoms. The van der Waals surface area contributed by atoms with Crippen LogP contribution in [0.1, 0.15) is 12.0 Å². The van der Waals surface area contributed by atoms with Crippen LogP contribution in [0.2, 0.25) is 5.02 Å². The van der Waals surface area contributed by atoms with Gasteiger partial charge in [0.15, 0.2) is 17.2 Å². The highest BCUT2D eigenvalue weighted by Crippen LogP contribution is 2.45. The predicted octanol–water partition coefficient (Wildman–Crippen LogP) is 3.21. The van der Waals surface area contributed by atoms with Crippen molar-refractivity contribution >= 4 is 35.1 Å². The number of aromatic nitrogens is 2. The number of fused-ring (bicyclic) bond motifs is 2. The van der Waals surface area contributed by atoms with E-state index in [1.165, 1.54) is 28.0 Å². The van der Waals surface area contributed by atoms with Crippen LogP contribution in [0.5, 0.6) is 0 Å². The first-order valence-electron chi connectivity index (χ1n) is 9.50. The molecule has 0 saturated carbocycles. The van der Waals surface area contributed by atoms with E-state index in [0.717, 1.165) is 0 Å². The number of nitrogens with zero attached hydrogens (tertiary/aromatic N) is 3. The zero-order valence-electron chi connectivity index (χ0n) is 16.1. The standard InChI is InChI=1S/C20H17ClFN5O4/c21-11-3-4-12-17(18(11)22)20(31-19(29)24-12)5-6-26(10-20)16(28)9-27-15(23)8-13(25-27)14-2-1-7-30-14/h1-4,7-8H,5-6,9-10,23H2,(H,24,29)/t20-/m0/s1. The number of nitrogens with two attached hydrogens (primary N) is 1. The molecule has 1 fully saturated rings. The van der Waals surface area contributed by atoms with Gasteiger partial charge in [0.2, 0.25) is 5.91 Å². The Morgan fingerprint density at radius 2 is 2.23 bits per heavy atom. The maximum Gasteiger partial charge on any atom is 0.412 e. The van der Waals surface area contributed by atoms with Crippen LogP contribution in [-0.2, 0) is 21.7 Å². The molecule has 0 bridgehead atoms. The second-order valence-corrected chi connectivity index (χ2v) is 7.85. The summed E-state index contributed by atoms with van der Waals surface area (Å²) in [4.78, 5) is 26.5. The minimum atomic E-state index is -1.31. The molecule has 1 spiro atoms. The number of halogens is 2. The summed E-state index contributed by atoms with van der Waals surface area (Å²) < 4.78 is 27.0. The molecule has 0 aliphatic carbocycles. The first-order chi connectivity index (χ1) is 14.9. The molecule has 1 saturated heterocycles. The van der Waals surface area contributed by atoms with Crippen LogP contribution < -0.4 is 11.1 Å². The minimum absolute atomic E-state index is 0.00424. The summed E-state index contributed by atoms with van der Waals surface area (Å²) in [5.74, 6) is -0.141. The van der Waals surface area contributed by atoms with Crippen LogP contribution in [0, 0.1) is 5.82 Å². The monoisotopic (exact) mass is 445 g/mol. The number of hydrogen-bond acceptors (Lipinski definition) is 6. The third kappa shape index (κ3) is 3.19. The summed E-state index contributed by atoms with van der Waals surface area (Å²) >= 11 is 5.95. The van der Waals surface area contributed by atoms with Gasteiger partial charge in [-0.05, 0) is 24.3 Å². The number of hydrogen-bond donors (Lipinski definition) is 2. The molecule has 2 amide bonds. The Bertz CT molecular complexity index is 1190. The van der Waals surface area contributed by atoms with Crippen LogP contribution in [0.15, 0.2) is 41.0 Å². The number of nitrogens with one attached hydrogen (secondary N) is 1. The first-order valence-corrected chi connectivity index (χ1v) is 9.87. The number of carbonyl (C=O) groups is 2. The quantitative estimate of drug-likeness (QED) is 0.639. The zero-order chi connectivity index (χ0) is 21.8. The molecule has 3 N–H and O–H groups in total. The fourth-order valence-electron chi connectivity index (χ4n) is 4.08. The van der Waals surface area contributed by atoms with Gasteiger partial charge in [-0.1, -0.05) is 11.6 Å². The predicted molar refractivity (Wildman–Crippen MR) is 109 cm³/mol. The Morgan fingerprint density at radius 3 is 3.00 bits per heavy atom. The van der Waals surface area contributed by atoms with Crippen LogP contribution in [0.25, 0.3) is 11.5 Å². The molecule has 9 nitrogen and oxygen atoms in total. The fourth-order valence-corrected chi connectivity index (χ4v) is 4.23. The normalized spacial score (nSPS) is 19.9. The van der Waals surface area contributed by atoms with Gasteiger partial charge in [-0.3, -0.25) is 10.1 Å². The van der Waals surface area contributed by atoms with Crippen molar-refractivity contribution in [3.05, 3.63) is 53.0 Å². The number of rotatable bonds is 3. The molecule has 5 rings (SSSR count). The summed E-state index contributed by atoms with van der Waals surface area (Å²) in [5.41, 5.74) is 5.62. The van der Waals surface area contributed by atoms with Gasteiger partial charge in [0.1, 0.15) is 18.1 Å². The third-order valence-corrected chi connectivity index (χ3v) is 5.82. The van der Waals surface area contributed by atoms with E-state index in [2.05, 4.69) is 10.4 Å². The topological polar surface area (TPSA) is 116 Å². The van der Waals surface area contributed by atoms with Crippen LogP contribution >= 0.6 is 11.6 Å². The number of nitrogen functional groups attached to an aromatic ring is 1. The van der Waals surface area contributed by atoms with E-state index in [0.29, 0.717) is 17.3 Å². The highest BCUT2D eigenvalue weighted by atomic mass is 35.5. The number of anilines is 2. The smallest absolute Gasteiger partial charge is 0.412 e. The van der Waals surface area contributed by atoms with Crippen molar-refractivity contribution in [2.75, 3.05) is 24.1 Å². The Kier molecular flexibility index (Phi) is 4.40. The van der Waals surface area contributed by atoms with E-state index in [-0.39, 0.29) is 48.2 Å². The van der Waals surface area contributed by atoms with E-state index in [4.69, 9.17) is 26.5 Å². The molecule has 160 valence electrons. The van der Waals surface area contributed by atoms with Gasteiger partial charge in [-0.15, -0.1) is 0 Å². The summed E-state index contributed by atoms with van der Waals surface area (Å²) in [6, 6.07) is 7.96. The molecule has 0 radical (unpaired) electrons. The van der Waals surface area contributed by atoms with Crippen LogP contribution in [0.3, 0.4) is 0 Å². The van der Waals surface area contributed by atoms with Crippen molar-refractivity contribution in [1.82, 2.24) is 14.7 Å². The van der Waals surface area contributed by atoms with E-state index in [1.54, 1.807) is 18.2 Å². The lowest BCUT2D eigenvalue weighted by Gasteiger charge is -2.35. The average molecular weight is 446 g/mol. The molecule has 2 aliphatic rings. The third-order valence-electron chi connectivity index (χ3n) is 5.53. The van der Waals surface area contributed by atoms with Gasteiger partial charge in [-0.2, -0.15) is 5.10 Å². The molecular formula is C20H17ClFN5O4. The van der Waals surface area contributed by atoms with Crippen molar-refractivity contribution < 1.29 is 23.1 Å². The van der Waals surface area contributed by atoms with Crippen molar-refractivity contribution in [1.29, 1.82) is 0 Å². The van der Waals surface area contributed by atoms with Crippen LogP contribution in [-0.4, -0.2) is 39.8 Å². The second-order valence-electron chi connectivity index (χ2n) is 7.45. The molecule has 2 aromatic heterocycles. The van der Waals surface area contributed by atoms with Crippen molar-refractivity contribution in [2.24, 2.45) is 0 Å². The first kappa shape index (κ1) is 19.4. The molecule has 3 aromatic rings. The number of likely N-dealkylation sites (tertiary alicyclic amines) is 1. The van der Waals surface area contributed by atoms with Gasteiger partial charge in [0.25, 0.3) is 0 Å². The minimum Gasteiger partial charge on any atom is -0.463 e. The largest absolute Gasteiger partial charge is 0.463 e. The van der Waals surface area contributed by atoms with Crippen LogP contribution in [0.4, 0.5) is 20.7 Å². The zero-order valence-corrected chi connectivity index (χ0v) is 16.9. The molecular weight excluding hydrogens is 429 g/mol. The lowest BCUT2D eigenvalue weighted by molar-refractivity contribution is -0.132. The van der Waals surface area contributed by atoms with E-state index in [1.807, 2.05) is 0 Å². The van der Waals surface area contributed by atoms with E-state index < -0.39 is 17.5 Å². The highest BCUT2D eigenvalue weighted by Gasteiger charge is 2.50. The number of benzene rings is 1. The second kappa shape index (κ2) is 7.02. The van der Waals surface area contributed by atoms with Crippen molar-refractivity contribution in [2.45, 2.75) is 18.6 Å². The molecule has 0 unspecified atom stereocenters. The molecule has 1 atom stereocenters. The fraction of sp³-hybridized carbons (Fsp3) is 0.250. The molecule has 2 aliphatic heterocycles. The van der Waals surface area contributed by atoms with E-state index >= 15 is 0 Å². The average Bonchev–Trinajstić information content (AvgIpc) is 3.46. The number of amides is 2. The molecule has 11 heteroatoms. The summed E-state index contributed by atoms with van der Waals surface area (Å²) in [5, 5.41) is 6.72. The summed E-state index contributed by atoms with van der Waals surface area (Å²) in [6.07, 6.45) is 1.05. The number of furan rings is 1. The maximum atomic E-state index is 14.9. The Hall–Kier alpha value is -3.53.